The monoisotopic (exact) mass is 400 g/mol. The quantitative estimate of drug-likeness (QED) is 0.326. The third kappa shape index (κ3) is 9.90. The molecule has 10 nitrogen and oxygen atoms in total. The van der Waals surface area contributed by atoms with Gasteiger partial charge < -0.3 is 31.5 Å². The molecular weight excluding hydrogens is 380 g/mol. The number of halogens is 1. The van der Waals surface area contributed by atoms with Crippen molar-refractivity contribution in [2.75, 3.05) is 18.4 Å². The lowest BCUT2D eigenvalue weighted by Gasteiger charge is -2.14. The molecule has 0 bridgehead atoms. The Bertz CT molecular complexity index is 667. The Hall–Kier alpha value is -3.01. The number of carbonyl (C=O) groups is 4. The minimum absolute atomic E-state index is 0.135. The first kappa shape index (κ1) is 22.0. The molecule has 0 spiro atoms. The first-order valence-corrected chi connectivity index (χ1v) is 8.45. The first-order chi connectivity index (χ1) is 12.8. The minimum atomic E-state index is -1.24. The minimum Gasteiger partial charge on any atom is -0.480 e. The second-order valence-electron chi connectivity index (χ2n) is 5.50. The van der Waals surface area contributed by atoms with Crippen LogP contribution in [0.25, 0.3) is 0 Å². The van der Waals surface area contributed by atoms with Gasteiger partial charge in [-0.1, -0.05) is 11.6 Å². The van der Waals surface area contributed by atoms with E-state index in [1.165, 1.54) is 0 Å². The van der Waals surface area contributed by atoms with Crippen LogP contribution in [0.2, 0.25) is 5.02 Å². The van der Waals surface area contributed by atoms with Gasteiger partial charge in [-0.3, -0.25) is 4.79 Å². The fraction of sp³-hybridized carbons (Fsp3) is 0.375. The molecule has 0 unspecified atom stereocenters. The van der Waals surface area contributed by atoms with Gasteiger partial charge in [-0.15, -0.1) is 0 Å². The zero-order valence-electron chi connectivity index (χ0n) is 14.3. The number of amides is 4. The summed E-state index contributed by atoms with van der Waals surface area (Å²) in [6.07, 6.45) is 1.06. The highest BCUT2D eigenvalue weighted by Gasteiger charge is 2.19. The number of nitrogens with one attached hydrogen (secondary N) is 4. The average molecular weight is 401 g/mol. The predicted molar refractivity (Wildman–Crippen MR) is 97.9 cm³/mol. The highest BCUT2D eigenvalue weighted by molar-refractivity contribution is 6.30. The number of hydrogen-bond donors (Lipinski definition) is 6. The van der Waals surface area contributed by atoms with Crippen LogP contribution >= 0.6 is 11.6 Å². The molecule has 1 rings (SSSR count). The third-order valence-electron chi connectivity index (χ3n) is 3.31. The number of urea groups is 2. The third-order valence-corrected chi connectivity index (χ3v) is 3.56. The van der Waals surface area contributed by atoms with Gasteiger partial charge in [0.05, 0.1) is 0 Å². The SMILES string of the molecule is O=C(O)CNC(=O)N[C@@H](CCCCNC(=O)Nc1ccc(Cl)cc1)C(=O)O. The number of rotatable bonds is 10. The van der Waals surface area contributed by atoms with Gasteiger partial charge >= 0.3 is 24.0 Å². The number of anilines is 1. The van der Waals surface area contributed by atoms with Gasteiger partial charge in [-0.05, 0) is 43.5 Å². The number of hydrogen-bond acceptors (Lipinski definition) is 4. The van der Waals surface area contributed by atoms with Crippen LogP contribution in [-0.4, -0.2) is 53.3 Å². The van der Waals surface area contributed by atoms with E-state index in [1.807, 2.05) is 5.32 Å². The molecule has 11 heteroatoms. The molecule has 0 aliphatic heterocycles. The van der Waals surface area contributed by atoms with E-state index in [-0.39, 0.29) is 6.42 Å². The maximum atomic E-state index is 11.7. The molecule has 6 N–H and O–H groups in total. The van der Waals surface area contributed by atoms with E-state index in [0.717, 1.165) is 0 Å². The summed E-state index contributed by atoms with van der Waals surface area (Å²) < 4.78 is 0. The molecule has 1 aromatic rings. The molecule has 0 saturated heterocycles. The van der Waals surface area contributed by atoms with Crippen LogP contribution in [0.3, 0.4) is 0 Å². The number of unbranched alkanes of at least 4 members (excludes halogenated alkanes) is 1. The van der Waals surface area contributed by atoms with Crippen LogP contribution in [0.1, 0.15) is 19.3 Å². The van der Waals surface area contributed by atoms with Gasteiger partial charge in [0, 0.05) is 17.3 Å². The maximum absolute atomic E-state index is 11.7. The summed E-state index contributed by atoms with van der Waals surface area (Å²) in [5.74, 6) is -2.46. The number of carboxylic acid groups (broad SMARTS) is 2. The Morgan fingerprint density at radius 2 is 1.63 bits per heavy atom. The van der Waals surface area contributed by atoms with Crippen molar-refractivity contribution in [3.8, 4) is 0 Å². The topological polar surface area (TPSA) is 157 Å². The molecule has 0 aromatic heterocycles. The maximum Gasteiger partial charge on any atom is 0.326 e. The van der Waals surface area contributed by atoms with E-state index in [4.69, 9.17) is 21.8 Å². The molecule has 1 atom stereocenters. The van der Waals surface area contributed by atoms with E-state index in [0.29, 0.717) is 30.1 Å². The van der Waals surface area contributed by atoms with Crippen molar-refractivity contribution in [3.63, 3.8) is 0 Å². The van der Waals surface area contributed by atoms with Crippen LogP contribution in [0.15, 0.2) is 24.3 Å². The molecule has 27 heavy (non-hydrogen) atoms. The van der Waals surface area contributed by atoms with Crippen molar-refractivity contribution >= 4 is 41.3 Å². The molecule has 4 amide bonds. The summed E-state index contributed by atoms with van der Waals surface area (Å²) in [6, 6.07) is 4.16. The van der Waals surface area contributed by atoms with Crippen LogP contribution in [0, 0.1) is 0 Å². The molecule has 148 valence electrons. The van der Waals surface area contributed by atoms with Gasteiger partial charge in [-0.25, -0.2) is 14.4 Å². The highest BCUT2D eigenvalue weighted by atomic mass is 35.5. The van der Waals surface area contributed by atoms with E-state index in [9.17, 15) is 19.2 Å². The molecule has 0 saturated carbocycles. The zero-order valence-corrected chi connectivity index (χ0v) is 15.1. The van der Waals surface area contributed by atoms with Crippen molar-refractivity contribution in [2.45, 2.75) is 25.3 Å². The van der Waals surface area contributed by atoms with E-state index < -0.39 is 36.6 Å². The molecule has 1 aromatic carbocycles. The highest BCUT2D eigenvalue weighted by Crippen LogP contribution is 2.13. The van der Waals surface area contributed by atoms with E-state index in [1.54, 1.807) is 24.3 Å². The van der Waals surface area contributed by atoms with Crippen molar-refractivity contribution in [1.82, 2.24) is 16.0 Å². The second kappa shape index (κ2) is 11.6. The largest absolute Gasteiger partial charge is 0.480 e. The van der Waals surface area contributed by atoms with Crippen LogP contribution in [0.5, 0.6) is 0 Å². The van der Waals surface area contributed by atoms with Gasteiger partial charge in [-0.2, -0.15) is 0 Å². The van der Waals surface area contributed by atoms with E-state index in [2.05, 4.69) is 16.0 Å². The molecule has 0 radical (unpaired) electrons. The van der Waals surface area contributed by atoms with Gasteiger partial charge in [0.2, 0.25) is 0 Å². The Morgan fingerprint density at radius 1 is 0.963 bits per heavy atom. The molecule has 0 heterocycles. The average Bonchev–Trinajstić information content (AvgIpc) is 2.60. The number of aliphatic carboxylic acids is 2. The van der Waals surface area contributed by atoms with Crippen molar-refractivity contribution in [3.05, 3.63) is 29.3 Å². The van der Waals surface area contributed by atoms with Crippen LogP contribution in [-0.2, 0) is 9.59 Å². The smallest absolute Gasteiger partial charge is 0.326 e. The lowest BCUT2D eigenvalue weighted by molar-refractivity contribution is -0.139. The summed E-state index contributed by atoms with van der Waals surface area (Å²) in [7, 11) is 0. The normalized spacial score (nSPS) is 11.1. The van der Waals surface area contributed by atoms with Crippen molar-refractivity contribution in [2.24, 2.45) is 0 Å². The molecule has 0 aliphatic carbocycles. The molecule has 0 fully saturated rings. The van der Waals surface area contributed by atoms with Gasteiger partial charge in [0.1, 0.15) is 12.6 Å². The summed E-state index contributed by atoms with van der Waals surface area (Å²) in [4.78, 5) is 44.6. The summed E-state index contributed by atoms with van der Waals surface area (Å²) >= 11 is 5.75. The fourth-order valence-electron chi connectivity index (χ4n) is 2.01. The Morgan fingerprint density at radius 3 is 2.22 bits per heavy atom. The van der Waals surface area contributed by atoms with Crippen LogP contribution < -0.4 is 21.3 Å². The van der Waals surface area contributed by atoms with Gasteiger partial charge in [0.15, 0.2) is 0 Å². The molecular formula is C16H21ClN4O6. The summed E-state index contributed by atoms with van der Waals surface area (Å²) in [6.45, 7) is -0.290. The Kier molecular flexibility index (Phi) is 9.45. The lowest BCUT2D eigenvalue weighted by atomic mass is 10.1. The zero-order chi connectivity index (χ0) is 20.2. The Labute approximate surface area is 160 Å². The summed E-state index contributed by atoms with van der Waals surface area (Å²) in [5, 5.41) is 27.5. The van der Waals surface area contributed by atoms with Crippen molar-refractivity contribution < 1.29 is 29.4 Å². The number of carbonyl (C=O) groups excluding carboxylic acids is 2. The molecule has 0 aliphatic rings. The number of benzene rings is 1. The first-order valence-electron chi connectivity index (χ1n) is 8.07. The second-order valence-corrected chi connectivity index (χ2v) is 5.93. The van der Waals surface area contributed by atoms with E-state index >= 15 is 0 Å². The number of carboxylic acids is 2. The van der Waals surface area contributed by atoms with Crippen LogP contribution in [0.4, 0.5) is 15.3 Å². The van der Waals surface area contributed by atoms with Gasteiger partial charge in [0.25, 0.3) is 0 Å². The standard InChI is InChI=1S/C16H21ClN4O6/c17-10-4-6-11(7-5-10)20-15(26)18-8-2-1-3-12(14(24)25)21-16(27)19-9-13(22)23/h4-7,12H,1-3,8-9H2,(H,22,23)(H,24,25)(H2,18,20,26)(H2,19,21,27)/t12-/m0/s1. The Balaban J connectivity index is 2.24. The predicted octanol–water partition coefficient (Wildman–Crippen LogP) is 1.47. The lowest BCUT2D eigenvalue weighted by Crippen LogP contribution is -2.47. The fourth-order valence-corrected chi connectivity index (χ4v) is 2.13. The van der Waals surface area contributed by atoms with Crippen molar-refractivity contribution in [1.29, 1.82) is 0 Å². The summed E-state index contributed by atoms with van der Waals surface area (Å²) in [5.41, 5.74) is 0.583.